The lowest BCUT2D eigenvalue weighted by atomic mass is 9.91. The van der Waals surface area contributed by atoms with Crippen LogP contribution in [0.5, 0.6) is 5.75 Å². The van der Waals surface area contributed by atoms with Gasteiger partial charge in [0.15, 0.2) is 0 Å². The Morgan fingerprint density at radius 2 is 1.90 bits per heavy atom. The molecular weight excluding hydrogens is 264 g/mol. The van der Waals surface area contributed by atoms with Crippen molar-refractivity contribution in [1.82, 2.24) is 4.90 Å². The van der Waals surface area contributed by atoms with Crippen molar-refractivity contribution >= 4 is 11.6 Å². The summed E-state index contributed by atoms with van der Waals surface area (Å²) in [5.41, 5.74) is 0.731. The number of hydrogen-bond acceptors (Lipinski definition) is 3. The maximum absolute atomic E-state index is 12.5. The van der Waals surface area contributed by atoms with Crippen molar-refractivity contribution in [3.63, 3.8) is 0 Å². The maximum atomic E-state index is 12.5. The summed E-state index contributed by atoms with van der Waals surface area (Å²) >= 11 is 0. The quantitative estimate of drug-likeness (QED) is 0.927. The Kier molecular flexibility index (Phi) is 5.23. The Hall–Kier alpha value is -1.55. The Morgan fingerprint density at radius 3 is 2.52 bits per heavy atom. The molecule has 3 atom stereocenters. The van der Waals surface area contributed by atoms with Gasteiger partial charge < -0.3 is 10.1 Å². The summed E-state index contributed by atoms with van der Waals surface area (Å²) in [6.07, 6.45) is 1.25. The average Bonchev–Trinajstić information content (AvgIpc) is 2.46. The summed E-state index contributed by atoms with van der Waals surface area (Å²) in [7, 11) is 1.61. The number of piperidine rings is 1. The minimum Gasteiger partial charge on any atom is -0.495 e. The highest BCUT2D eigenvalue weighted by atomic mass is 16.5. The fourth-order valence-electron chi connectivity index (χ4n) is 3.18. The third kappa shape index (κ3) is 3.97. The molecule has 21 heavy (non-hydrogen) atoms. The highest BCUT2D eigenvalue weighted by Crippen LogP contribution is 2.25. The van der Waals surface area contributed by atoms with Gasteiger partial charge in [-0.1, -0.05) is 26.0 Å². The van der Waals surface area contributed by atoms with E-state index in [0.717, 1.165) is 18.8 Å². The van der Waals surface area contributed by atoms with Crippen LogP contribution in [0, 0.1) is 11.8 Å². The molecule has 1 fully saturated rings. The molecule has 0 saturated carbocycles. The summed E-state index contributed by atoms with van der Waals surface area (Å²) in [4.78, 5) is 14.8. The first-order chi connectivity index (χ1) is 10.0. The first-order valence-electron chi connectivity index (χ1n) is 7.69. The van der Waals surface area contributed by atoms with Crippen LogP contribution < -0.4 is 10.1 Å². The molecule has 0 radical (unpaired) electrons. The summed E-state index contributed by atoms with van der Waals surface area (Å²) in [6.45, 7) is 8.48. The van der Waals surface area contributed by atoms with Crippen LogP contribution in [0.3, 0.4) is 0 Å². The van der Waals surface area contributed by atoms with Crippen LogP contribution in [-0.2, 0) is 4.79 Å². The normalized spacial score (nSPS) is 24.4. The van der Waals surface area contributed by atoms with Gasteiger partial charge >= 0.3 is 0 Å². The Bertz CT molecular complexity index is 479. The number of rotatable bonds is 4. The van der Waals surface area contributed by atoms with Crippen LogP contribution in [0.25, 0.3) is 0 Å². The second-order valence-corrected chi connectivity index (χ2v) is 6.27. The first kappa shape index (κ1) is 15.8. The molecule has 0 aromatic heterocycles. The van der Waals surface area contributed by atoms with E-state index in [1.54, 1.807) is 7.11 Å². The van der Waals surface area contributed by atoms with Crippen LogP contribution in [0.15, 0.2) is 24.3 Å². The van der Waals surface area contributed by atoms with E-state index >= 15 is 0 Å². The van der Waals surface area contributed by atoms with Gasteiger partial charge in [0.2, 0.25) is 5.91 Å². The molecule has 1 amide bonds. The van der Waals surface area contributed by atoms with Crippen molar-refractivity contribution in [3.05, 3.63) is 24.3 Å². The lowest BCUT2D eigenvalue weighted by Gasteiger charge is -2.38. The zero-order chi connectivity index (χ0) is 15.4. The van der Waals surface area contributed by atoms with Gasteiger partial charge in [-0.2, -0.15) is 0 Å². The van der Waals surface area contributed by atoms with E-state index in [9.17, 15) is 4.79 Å². The molecule has 0 spiro atoms. The molecule has 1 aliphatic rings. The van der Waals surface area contributed by atoms with Gasteiger partial charge in [0.05, 0.1) is 18.8 Å². The zero-order valence-electron chi connectivity index (χ0n) is 13.4. The molecular formula is C17H26N2O2. The molecule has 4 heteroatoms. The van der Waals surface area contributed by atoms with Crippen molar-refractivity contribution in [2.45, 2.75) is 33.2 Å². The van der Waals surface area contributed by atoms with Crippen LogP contribution in [0.1, 0.15) is 27.2 Å². The topological polar surface area (TPSA) is 41.6 Å². The van der Waals surface area contributed by atoms with Gasteiger partial charge in [0, 0.05) is 13.1 Å². The molecule has 1 heterocycles. The van der Waals surface area contributed by atoms with E-state index in [1.165, 1.54) is 6.42 Å². The van der Waals surface area contributed by atoms with Crippen LogP contribution >= 0.6 is 0 Å². The van der Waals surface area contributed by atoms with Crippen molar-refractivity contribution in [2.24, 2.45) is 11.8 Å². The van der Waals surface area contributed by atoms with Crippen molar-refractivity contribution in [2.75, 3.05) is 25.5 Å². The highest BCUT2D eigenvalue weighted by Gasteiger charge is 2.29. The molecule has 1 aromatic carbocycles. The molecule has 1 aliphatic heterocycles. The number of methoxy groups -OCH3 is 1. The minimum absolute atomic E-state index is 0.0285. The standard InChI is InChI=1S/C17H26N2O2/c1-12-9-13(2)11-19(10-12)14(3)17(20)18-15-7-5-6-8-16(15)21-4/h5-8,12-14H,9-11H2,1-4H3,(H,18,20). The predicted octanol–water partition coefficient (Wildman–Crippen LogP) is 3.00. The highest BCUT2D eigenvalue weighted by molar-refractivity contribution is 5.95. The number of hydrogen-bond donors (Lipinski definition) is 1. The second-order valence-electron chi connectivity index (χ2n) is 6.27. The first-order valence-corrected chi connectivity index (χ1v) is 7.69. The van der Waals surface area contributed by atoms with E-state index in [2.05, 4.69) is 24.1 Å². The fourth-order valence-corrected chi connectivity index (χ4v) is 3.18. The number of anilines is 1. The van der Waals surface area contributed by atoms with E-state index < -0.39 is 0 Å². The molecule has 4 nitrogen and oxygen atoms in total. The van der Waals surface area contributed by atoms with Crippen molar-refractivity contribution in [3.8, 4) is 5.75 Å². The second kappa shape index (κ2) is 6.94. The Labute approximate surface area is 127 Å². The Morgan fingerprint density at radius 1 is 1.29 bits per heavy atom. The van der Waals surface area contributed by atoms with Gasteiger partial charge in [-0.05, 0) is 37.3 Å². The summed E-state index contributed by atoms with van der Waals surface area (Å²) in [5, 5.41) is 2.98. The van der Waals surface area contributed by atoms with Gasteiger partial charge in [-0.25, -0.2) is 0 Å². The number of likely N-dealkylation sites (tertiary alicyclic amines) is 1. The lowest BCUT2D eigenvalue weighted by molar-refractivity contribution is -0.121. The third-order valence-electron chi connectivity index (χ3n) is 4.19. The summed E-state index contributed by atoms with van der Waals surface area (Å²) in [6, 6.07) is 7.39. The number of carbonyl (C=O) groups is 1. The third-order valence-corrected chi connectivity index (χ3v) is 4.19. The minimum atomic E-state index is -0.125. The summed E-state index contributed by atoms with van der Waals surface area (Å²) in [5.74, 6) is 2.02. The smallest absolute Gasteiger partial charge is 0.241 e. The van der Waals surface area contributed by atoms with Gasteiger partial charge in [0.1, 0.15) is 5.75 Å². The number of nitrogens with one attached hydrogen (secondary N) is 1. The van der Waals surface area contributed by atoms with E-state index in [0.29, 0.717) is 17.6 Å². The van der Waals surface area contributed by atoms with E-state index in [-0.39, 0.29) is 11.9 Å². The number of para-hydroxylation sites is 2. The molecule has 1 N–H and O–H groups in total. The number of carbonyl (C=O) groups excluding carboxylic acids is 1. The SMILES string of the molecule is COc1ccccc1NC(=O)C(C)N1CC(C)CC(C)C1. The fraction of sp³-hybridized carbons (Fsp3) is 0.588. The van der Waals surface area contributed by atoms with Crippen molar-refractivity contribution < 1.29 is 9.53 Å². The van der Waals surface area contributed by atoms with Gasteiger partial charge in [0.25, 0.3) is 0 Å². The Balaban J connectivity index is 2.02. The molecule has 1 aromatic rings. The lowest BCUT2D eigenvalue weighted by Crippen LogP contribution is -2.48. The zero-order valence-corrected chi connectivity index (χ0v) is 13.4. The van der Waals surface area contributed by atoms with Crippen LogP contribution in [0.4, 0.5) is 5.69 Å². The van der Waals surface area contributed by atoms with E-state index in [4.69, 9.17) is 4.74 Å². The van der Waals surface area contributed by atoms with E-state index in [1.807, 2.05) is 31.2 Å². The largest absolute Gasteiger partial charge is 0.495 e. The van der Waals surface area contributed by atoms with Crippen LogP contribution in [-0.4, -0.2) is 37.0 Å². The molecule has 116 valence electrons. The molecule has 2 rings (SSSR count). The number of benzene rings is 1. The average molecular weight is 290 g/mol. The number of ether oxygens (including phenoxy) is 1. The number of nitrogens with zero attached hydrogens (tertiary/aromatic N) is 1. The maximum Gasteiger partial charge on any atom is 0.241 e. The van der Waals surface area contributed by atoms with Crippen molar-refractivity contribution in [1.29, 1.82) is 0 Å². The van der Waals surface area contributed by atoms with Gasteiger partial charge in [-0.3, -0.25) is 9.69 Å². The predicted molar refractivity (Wildman–Crippen MR) is 85.6 cm³/mol. The monoisotopic (exact) mass is 290 g/mol. The number of amides is 1. The molecule has 3 unspecified atom stereocenters. The van der Waals surface area contributed by atoms with Gasteiger partial charge in [-0.15, -0.1) is 0 Å². The molecule has 0 aliphatic carbocycles. The van der Waals surface area contributed by atoms with Crippen LogP contribution in [0.2, 0.25) is 0 Å². The molecule has 0 bridgehead atoms. The summed E-state index contributed by atoms with van der Waals surface area (Å²) < 4.78 is 5.28. The molecule has 1 saturated heterocycles.